The van der Waals surface area contributed by atoms with E-state index in [0.29, 0.717) is 6.54 Å². The summed E-state index contributed by atoms with van der Waals surface area (Å²) in [6.45, 7) is 1.66. The molecule has 1 aromatic carbocycles. The summed E-state index contributed by atoms with van der Waals surface area (Å²) in [4.78, 5) is 0. The molecule has 0 heterocycles. The van der Waals surface area contributed by atoms with Crippen molar-refractivity contribution in [2.75, 3.05) is 6.54 Å². The van der Waals surface area contributed by atoms with Crippen LogP contribution in [0.25, 0.3) is 0 Å². The molecule has 0 aliphatic heterocycles. The largest absolute Gasteiger partial charge is 0.508 e. The van der Waals surface area contributed by atoms with Crippen molar-refractivity contribution in [1.29, 1.82) is 0 Å². The summed E-state index contributed by atoms with van der Waals surface area (Å²) in [5.41, 5.74) is 0.841. The Hall–Kier alpha value is -1.22. The zero-order valence-electron chi connectivity index (χ0n) is 10.9. The van der Waals surface area contributed by atoms with Crippen LogP contribution in [0.1, 0.15) is 44.1 Å². The lowest BCUT2D eigenvalue weighted by Gasteiger charge is -2.10. The maximum atomic E-state index is 9.62. The predicted octanol–water partition coefficient (Wildman–Crippen LogP) is 3.16. The summed E-state index contributed by atoms with van der Waals surface area (Å²) in [6.07, 6.45) is 8.20. The van der Waals surface area contributed by atoms with Gasteiger partial charge in [0, 0.05) is 18.2 Å². The van der Waals surface area contributed by atoms with Crippen molar-refractivity contribution in [1.82, 2.24) is 5.32 Å². The standard InChI is InChI=1S/C15H23NO2/c17-14-8-7-13(15(18)10-14)11-16-9-3-6-12-4-1-2-5-12/h7-8,10,12,16-18H,1-6,9,11H2. The topological polar surface area (TPSA) is 52.5 Å². The average Bonchev–Trinajstić information content (AvgIpc) is 2.84. The Labute approximate surface area is 109 Å². The molecule has 2 rings (SSSR count). The molecule has 0 unspecified atom stereocenters. The molecule has 1 fully saturated rings. The van der Waals surface area contributed by atoms with E-state index in [0.717, 1.165) is 18.0 Å². The average molecular weight is 249 g/mol. The first-order chi connectivity index (χ1) is 8.75. The molecule has 3 nitrogen and oxygen atoms in total. The van der Waals surface area contributed by atoms with Gasteiger partial charge in [0.05, 0.1) is 0 Å². The molecule has 1 aliphatic rings. The Morgan fingerprint density at radius 1 is 1.17 bits per heavy atom. The molecule has 18 heavy (non-hydrogen) atoms. The third-order valence-electron chi connectivity index (χ3n) is 3.83. The molecular weight excluding hydrogens is 226 g/mol. The van der Waals surface area contributed by atoms with Crippen LogP contribution in [0.3, 0.4) is 0 Å². The van der Waals surface area contributed by atoms with E-state index in [2.05, 4.69) is 5.32 Å². The quantitative estimate of drug-likeness (QED) is 0.679. The van der Waals surface area contributed by atoms with Gasteiger partial charge < -0.3 is 15.5 Å². The second kappa shape index (κ2) is 6.64. The maximum absolute atomic E-state index is 9.62. The smallest absolute Gasteiger partial charge is 0.123 e. The molecule has 0 spiro atoms. The van der Waals surface area contributed by atoms with Gasteiger partial charge >= 0.3 is 0 Å². The molecule has 3 heteroatoms. The summed E-state index contributed by atoms with van der Waals surface area (Å²) >= 11 is 0. The summed E-state index contributed by atoms with van der Waals surface area (Å²) in [7, 11) is 0. The van der Waals surface area contributed by atoms with Gasteiger partial charge in [0.25, 0.3) is 0 Å². The van der Waals surface area contributed by atoms with E-state index in [4.69, 9.17) is 0 Å². The zero-order chi connectivity index (χ0) is 12.8. The van der Waals surface area contributed by atoms with Gasteiger partial charge in [-0.25, -0.2) is 0 Å². The van der Waals surface area contributed by atoms with Crippen molar-refractivity contribution < 1.29 is 10.2 Å². The van der Waals surface area contributed by atoms with Crippen LogP contribution in [-0.4, -0.2) is 16.8 Å². The molecule has 1 saturated carbocycles. The first kappa shape index (κ1) is 13.2. The monoisotopic (exact) mass is 249 g/mol. The van der Waals surface area contributed by atoms with Crippen LogP contribution in [0, 0.1) is 5.92 Å². The van der Waals surface area contributed by atoms with Crippen LogP contribution in [0.4, 0.5) is 0 Å². The normalized spacial score (nSPS) is 16.2. The van der Waals surface area contributed by atoms with Crippen LogP contribution in [0.15, 0.2) is 18.2 Å². The van der Waals surface area contributed by atoms with Gasteiger partial charge in [0.1, 0.15) is 11.5 Å². The highest BCUT2D eigenvalue weighted by molar-refractivity contribution is 5.38. The number of nitrogens with one attached hydrogen (secondary N) is 1. The highest BCUT2D eigenvalue weighted by Gasteiger charge is 2.13. The molecule has 0 bridgehead atoms. The van der Waals surface area contributed by atoms with Gasteiger partial charge in [0.2, 0.25) is 0 Å². The number of aromatic hydroxyl groups is 2. The zero-order valence-corrected chi connectivity index (χ0v) is 10.9. The van der Waals surface area contributed by atoms with E-state index in [-0.39, 0.29) is 11.5 Å². The number of phenols is 2. The van der Waals surface area contributed by atoms with E-state index < -0.39 is 0 Å². The fourth-order valence-corrected chi connectivity index (χ4v) is 2.74. The van der Waals surface area contributed by atoms with Gasteiger partial charge in [0.15, 0.2) is 0 Å². The van der Waals surface area contributed by atoms with Gasteiger partial charge in [-0.2, -0.15) is 0 Å². The third kappa shape index (κ3) is 3.91. The van der Waals surface area contributed by atoms with Crippen molar-refractivity contribution in [3.8, 4) is 11.5 Å². The molecule has 0 aromatic heterocycles. The van der Waals surface area contributed by atoms with Crippen LogP contribution < -0.4 is 5.32 Å². The lowest BCUT2D eigenvalue weighted by molar-refractivity contribution is 0.441. The Morgan fingerprint density at radius 3 is 2.67 bits per heavy atom. The van der Waals surface area contributed by atoms with Crippen molar-refractivity contribution in [3.05, 3.63) is 23.8 Å². The summed E-state index contributed by atoms with van der Waals surface area (Å²) in [6, 6.07) is 4.75. The summed E-state index contributed by atoms with van der Waals surface area (Å²) in [5, 5.41) is 22.2. The molecule has 0 atom stereocenters. The van der Waals surface area contributed by atoms with Crippen LogP contribution in [-0.2, 0) is 6.54 Å². The second-order valence-corrected chi connectivity index (χ2v) is 5.28. The van der Waals surface area contributed by atoms with Crippen molar-refractivity contribution in [3.63, 3.8) is 0 Å². The van der Waals surface area contributed by atoms with Gasteiger partial charge in [-0.3, -0.25) is 0 Å². The number of rotatable bonds is 6. The van der Waals surface area contributed by atoms with E-state index in [1.165, 1.54) is 44.6 Å². The van der Waals surface area contributed by atoms with Gasteiger partial charge in [-0.1, -0.05) is 31.7 Å². The minimum Gasteiger partial charge on any atom is -0.508 e. The minimum atomic E-state index is 0.109. The predicted molar refractivity (Wildman–Crippen MR) is 72.7 cm³/mol. The highest BCUT2D eigenvalue weighted by Crippen LogP contribution is 2.28. The molecule has 1 aromatic rings. The van der Waals surface area contributed by atoms with Crippen LogP contribution in [0.2, 0.25) is 0 Å². The molecule has 0 radical (unpaired) electrons. The molecule has 1 aliphatic carbocycles. The molecule has 100 valence electrons. The fourth-order valence-electron chi connectivity index (χ4n) is 2.74. The Balaban J connectivity index is 1.62. The van der Waals surface area contributed by atoms with E-state index in [1.54, 1.807) is 12.1 Å². The Bertz CT molecular complexity index is 373. The molecular formula is C15H23NO2. The lowest BCUT2D eigenvalue weighted by Crippen LogP contribution is -2.15. The number of hydrogen-bond donors (Lipinski definition) is 3. The molecule has 0 saturated heterocycles. The number of hydrogen-bond acceptors (Lipinski definition) is 3. The Morgan fingerprint density at radius 2 is 1.94 bits per heavy atom. The van der Waals surface area contributed by atoms with Gasteiger partial charge in [-0.15, -0.1) is 0 Å². The second-order valence-electron chi connectivity index (χ2n) is 5.28. The van der Waals surface area contributed by atoms with Crippen molar-refractivity contribution in [2.45, 2.75) is 45.1 Å². The van der Waals surface area contributed by atoms with Crippen molar-refractivity contribution in [2.24, 2.45) is 5.92 Å². The maximum Gasteiger partial charge on any atom is 0.123 e. The van der Waals surface area contributed by atoms with E-state index in [9.17, 15) is 10.2 Å². The molecule has 3 N–H and O–H groups in total. The van der Waals surface area contributed by atoms with E-state index in [1.807, 2.05) is 0 Å². The first-order valence-electron chi connectivity index (χ1n) is 6.97. The number of phenolic OH excluding ortho intramolecular Hbond substituents is 2. The third-order valence-corrected chi connectivity index (χ3v) is 3.83. The lowest BCUT2D eigenvalue weighted by atomic mass is 10.0. The summed E-state index contributed by atoms with van der Waals surface area (Å²) in [5.74, 6) is 1.23. The van der Waals surface area contributed by atoms with Gasteiger partial charge in [-0.05, 0) is 31.4 Å². The minimum absolute atomic E-state index is 0.109. The van der Waals surface area contributed by atoms with Crippen LogP contribution >= 0.6 is 0 Å². The number of benzene rings is 1. The Kier molecular flexibility index (Phi) is 4.88. The van der Waals surface area contributed by atoms with Crippen LogP contribution in [0.5, 0.6) is 11.5 Å². The summed E-state index contributed by atoms with van der Waals surface area (Å²) < 4.78 is 0. The van der Waals surface area contributed by atoms with Crippen molar-refractivity contribution >= 4 is 0 Å². The molecule has 0 amide bonds. The highest BCUT2D eigenvalue weighted by atomic mass is 16.3. The SMILES string of the molecule is Oc1ccc(CNCCCC2CCCC2)c(O)c1. The fraction of sp³-hybridized carbons (Fsp3) is 0.600. The first-order valence-corrected chi connectivity index (χ1v) is 6.97. The van der Waals surface area contributed by atoms with E-state index >= 15 is 0 Å².